The Bertz CT molecular complexity index is 1140. The van der Waals surface area contributed by atoms with E-state index in [0.29, 0.717) is 11.3 Å². The van der Waals surface area contributed by atoms with Crippen LogP contribution in [0.1, 0.15) is 17.5 Å². The number of aliphatic hydroxyl groups excluding tert-OH is 2. The summed E-state index contributed by atoms with van der Waals surface area (Å²) in [7, 11) is 3.59. The Kier molecular flexibility index (Phi) is 4.83. The molecule has 4 rings (SSSR count). The number of primary amides is 1. The number of hydrogen-bond donors (Lipinski definition) is 6. The van der Waals surface area contributed by atoms with Gasteiger partial charge in [-0.05, 0) is 42.5 Å². The van der Waals surface area contributed by atoms with Gasteiger partial charge >= 0.3 is 0 Å². The summed E-state index contributed by atoms with van der Waals surface area (Å²) in [6.07, 6.45) is -0.206. The van der Waals surface area contributed by atoms with Crippen LogP contribution < -0.4 is 16.4 Å². The lowest BCUT2D eigenvalue weighted by atomic mass is 9.54. The molecule has 0 aliphatic heterocycles. The monoisotopic (exact) mass is 443 g/mol. The van der Waals surface area contributed by atoms with E-state index in [2.05, 4.69) is 0 Å². The number of hydrogen-bond acceptors (Lipinski definition) is 9. The molecule has 0 radical (unpaired) electrons. The fourth-order valence-corrected chi connectivity index (χ4v) is 5.54. The lowest BCUT2D eigenvalue weighted by molar-refractivity contribution is -0.152. The van der Waals surface area contributed by atoms with Crippen LogP contribution in [0.5, 0.6) is 5.75 Å². The Morgan fingerprint density at radius 3 is 2.41 bits per heavy atom. The van der Waals surface area contributed by atoms with Crippen molar-refractivity contribution in [1.82, 2.24) is 0 Å². The molecule has 32 heavy (non-hydrogen) atoms. The number of anilines is 1. The van der Waals surface area contributed by atoms with E-state index in [-0.39, 0.29) is 29.9 Å². The zero-order valence-corrected chi connectivity index (χ0v) is 17.6. The molecule has 10 nitrogen and oxygen atoms in total. The summed E-state index contributed by atoms with van der Waals surface area (Å²) in [4.78, 5) is 39.6. The average molecular weight is 443 g/mol. The Morgan fingerprint density at radius 2 is 1.84 bits per heavy atom. The van der Waals surface area contributed by atoms with Crippen LogP contribution in [-0.2, 0) is 20.8 Å². The molecule has 1 aromatic carbocycles. The molecule has 0 saturated heterocycles. The zero-order chi connectivity index (χ0) is 23.7. The van der Waals surface area contributed by atoms with Gasteiger partial charge in [-0.15, -0.1) is 0 Å². The predicted octanol–water partition coefficient (Wildman–Crippen LogP) is -0.325. The van der Waals surface area contributed by atoms with Crippen LogP contribution in [0.4, 0.5) is 5.69 Å². The lowest BCUT2D eigenvalue weighted by Crippen LogP contribution is -2.62. The zero-order valence-electron chi connectivity index (χ0n) is 17.6. The number of aliphatic hydroxyl groups is 3. The summed E-state index contributed by atoms with van der Waals surface area (Å²) in [5.74, 6) is -7.48. The maximum atomic E-state index is 13.6. The fraction of sp³-hybridized carbons (Fsp3) is 0.409. The van der Waals surface area contributed by atoms with E-state index in [1.54, 1.807) is 25.1 Å². The van der Waals surface area contributed by atoms with Crippen LogP contribution in [0.2, 0.25) is 0 Å². The first-order valence-electron chi connectivity index (χ1n) is 10.2. The van der Waals surface area contributed by atoms with Crippen LogP contribution >= 0.6 is 0 Å². The van der Waals surface area contributed by atoms with Gasteiger partial charge in [0.15, 0.2) is 11.4 Å². The molecule has 0 bridgehead atoms. The van der Waals surface area contributed by atoms with Crippen molar-refractivity contribution in [1.29, 1.82) is 0 Å². The summed E-state index contributed by atoms with van der Waals surface area (Å²) in [6, 6.07) is 3.07. The van der Waals surface area contributed by atoms with E-state index in [1.165, 1.54) is 6.07 Å². The van der Waals surface area contributed by atoms with Crippen molar-refractivity contribution in [3.63, 3.8) is 0 Å². The minimum absolute atomic E-state index is 0.0547. The van der Waals surface area contributed by atoms with Gasteiger partial charge in [0.05, 0.1) is 5.56 Å². The van der Waals surface area contributed by atoms with Gasteiger partial charge in [-0.25, -0.2) is 0 Å². The van der Waals surface area contributed by atoms with Gasteiger partial charge in [-0.2, -0.15) is 0 Å². The van der Waals surface area contributed by atoms with Crippen LogP contribution in [0.15, 0.2) is 29.0 Å². The van der Waals surface area contributed by atoms with Crippen LogP contribution in [0.3, 0.4) is 0 Å². The molecule has 170 valence electrons. The third-order valence-corrected chi connectivity index (χ3v) is 7.00. The van der Waals surface area contributed by atoms with Crippen LogP contribution in [-0.4, -0.2) is 64.1 Å². The predicted molar refractivity (Wildman–Crippen MR) is 114 cm³/mol. The molecule has 1 saturated carbocycles. The van der Waals surface area contributed by atoms with E-state index in [1.807, 2.05) is 0 Å². The number of Topliss-reactive ketones (excluding diaryl/α,β-unsaturated/α-hetero) is 2. The SMILES string of the molecule is CN(C)c1ccc(O)c2c1CC1C(=C2O)C(=O)[C@]2(O)C(O)=C(C(N)=O)C(=O)CC2C1CN. The summed E-state index contributed by atoms with van der Waals surface area (Å²) in [5.41, 5.74) is 8.90. The molecule has 1 fully saturated rings. The molecular formula is C22H25N3O7. The molecule has 1 amide bonds. The first kappa shape index (κ1) is 21.8. The minimum atomic E-state index is -2.64. The van der Waals surface area contributed by atoms with Gasteiger partial charge in [0.25, 0.3) is 5.91 Å². The maximum Gasteiger partial charge on any atom is 0.255 e. The molecule has 4 atom stereocenters. The van der Waals surface area contributed by atoms with E-state index in [0.717, 1.165) is 0 Å². The van der Waals surface area contributed by atoms with Crippen molar-refractivity contribution in [2.24, 2.45) is 29.2 Å². The summed E-state index contributed by atoms with van der Waals surface area (Å²) >= 11 is 0. The fourth-order valence-electron chi connectivity index (χ4n) is 5.54. The number of aromatic hydroxyl groups is 1. The number of nitrogens with two attached hydrogens (primary N) is 2. The molecule has 8 N–H and O–H groups in total. The Hall–Kier alpha value is -3.37. The van der Waals surface area contributed by atoms with Gasteiger partial charge in [0.2, 0.25) is 5.78 Å². The number of carbonyl (C=O) groups excluding carboxylic acids is 3. The van der Waals surface area contributed by atoms with E-state index in [9.17, 15) is 34.8 Å². The molecule has 10 heteroatoms. The number of carbonyl (C=O) groups is 3. The van der Waals surface area contributed by atoms with Crippen molar-refractivity contribution < 1.29 is 34.8 Å². The van der Waals surface area contributed by atoms with Gasteiger partial charge in [0.1, 0.15) is 22.8 Å². The largest absolute Gasteiger partial charge is 0.508 e. The standard InChI is InChI=1S/C22H25N3O7/c1-25(2)12-3-4-13(26)15-9(12)5-8-10(7-23)11-6-14(27)17(21(24)31)20(30)22(11,32)19(29)16(8)18(15)28/h3-4,8,10-11,26,28,30,32H,5-7,23H2,1-2H3,(H2,24,31)/t8?,10?,11?,22-/m0/s1. The average Bonchev–Trinajstić information content (AvgIpc) is 2.70. The second kappa shape index (κ2) is 7.07. The molecule has 0 spiro atoms. The molecule has 1 aromatic rings. The minimum Gasteiger partial charge on any atom is -0.508 e. The van der Waals surface area contributed by atoms with Gasteiger partial charge in [-0.1, -0.05) is 0 Å². The molecule has 3 aliphatic carbocycles. The normalized spacial score (nSPS) is 29.4. The van der Waals surface area contributed by atoms with Crippen molar-refractivity contribution in [2.75, 3.05) is 25.5 Å². The number of rotatable bonds is 3. The third kappa shape index (κ3) is 2.63. The Balaban J connectivity index is 2.02. The Morgan fingerprint density at radius 1 is 1.19 bits per heavy atom. The number of benzene rings is 1. The molecule has 3 unspecified atom stereocenters. The highest BCUT2D eigenvalue weighted by Gasteiger charge is 2.63. The van der Waals surface area contributed by atoms with Crippen molar-refractivity contribution in [3.8, 4) is 5.75 Å². The highest BCUT2D eigenvalue weighted by molar-refractivity contribution is 6.22. The highest BCUT2D eigenvalue weighted by Crippen LogP contribution is 2.55. The van der Waals surface area contributed by atoms with Crippen molar-refractivity contribution in [3.05, 3.63) is 40.2 Å². The number of fused-ring (bicyclic) bond motifs is 3. The number of phenolic OH excluding ortho intramolecular Hbond substituents is 1. The van der Waals surface area contributed by atoms with E-state index in [4.69, 9.17) is 11.5 Å². The number of ketones is 2. The van der Waals surface area contributed by atoms with Crippen molar-refractivity contribution >= 4 is 28.9 Å². The number of amides is 1. The van der Waals surface area contributed by atoms with Gasteiger partial charge in [-0.3, -0.25) is 14.4 Å². The summed E-state index contributed by atoms with van der Waals surface area (Å²) in [6.45, 7) is -0.0698. The maximum absolute atomic E-state index is 13.6. The van der Waals surface area contributed by atoms with Crippen LogP contribution in [0, 0.1) is 17.8 Å². The summed E-state index contributed by atoms with van der Waals surface area (Å²) < 4.78 is 0. The lowest BCUT2D eigenvalue weighted by Gasteiger charge is -2.50. The first-order valence-corrected chi connectivity index (χ1v) is 10.2. The van der Waals surface area contributed by atoms with Gasteiger partial charge in [0, 0.05) is 37.7 Å². The summed E-state index contributed by atoms with van der Waals surface area (Å²) in [5, 5.41) is 43.6. The molecular weight excluding hydrogens is 418 g/mol. The highest BCUT2D eigenvalue weighted by atomic mass is 16.3. The quantitative estimate of drug-likeness (QED) is 0.340. The third-order valence-electron chi connectivity index (χ3n) is 7.00. The van der Waals surface area contributed by atoms with Gasteiger partial charge < -0.3 is 36.8 Å². The molecule has 0 heterocycles. The second-order valence-electron chi connectivity index (χ2n) is 8.74. The molecule has 3 aliphatic rings. The van der Waals surface area contributed by atoms with E-state index >= 15 is 0 Å². The number of nitrogens with zero attached hydrogens (tertiary/aromatic N) is 1. The second-order valence-corrected chi connectivity index (χ2v) is 8.74. The Labute approximate surface area is 183 Å². The first-order chi connectivity index (χ1) is 15.0. The smallest absolute Gasteiger partial charge is 0.255 e. The van der Waals surface area contributed by atoms with Crippen molar-refractivity contribution in [2.45, 2.75) is 18.4 Å². The topological polar surface area (TPSA) is 187 Å². The van der Waals surface area contributed by atoms with Crippen LogP contribution in [0.25, 0.3) is 5.76 Å². The van der Waals surface area contributed by atoms with E-state index < -0.39 is 64.3 Å². The number of phenols is 1. The molecule has 0 aromatic heterocycles.